The lowest BCUT2D eigenvalue weighted by atomic mass is 10.0. The van der Waals surface area contributed by atoms with Crippen molar-refractivity contribution in [2.75, 3.05) is 16.3 Å². The molecule has 10 nitrogen and oxygen atoms in total. The Labute approximate surface area is 206 Å². The van der Waals surface area contributed by atoms with Crippen LogP contribution >= 0.6 is 0 Å². The topological polar surface area (TPSA) is 124 Å². The summed E-state index contributed by atoms with van der Waals surface area (Å²) in [4.78, 5) is 52.3. The summed E-state index contributed by atoms with van der Waals surface area (Å²) in [6, 6.07) is 6.26. The molecule has 0 saturated carbocycles. The SMILES string of the molecule is CC(C)c1cc(N2C(=O)CN(c3cncc(C(F)(F)F)c3)C2=O)ccc1Oc1ccnc2[nH]c(=O)[nH]c12. The van der Waals surface area contributed by atoms with Crippen LogP contribution < -0.4 is 20.2 Å². The Morgan fingerprint density at radius 3 is 2.51 bits per heavy atom. The van der Waals surface area contributed by atoms with Crippen LogP contribution in [0.25, 0.3) is 11.2 Å². The van der Waals surface area contributed by atoms with E-state index in [9.17, 15) is 27.6 Å². The number of aromatic nitrogens is 4. The number of carbonyl (C=O) groups is 2. The number of amides is 3. The highest BCUT2D eigenvalue weighted by atomic mass is 19.4. The van der Waals surface area contributed by atoms with E-state index in [1.165, 1.54) is 12.3 Å². The fourth-order valence-electron chi connectivity index (χ4n) is 4.02. The molecule has 1 aliphatic rings. The number of anilines is 2. The summed E-state index contributed by atoms with van der Waals surface area (Å²) in [6.07, 6.45) is -1.42. The van der Waals surface area contributed by atoms with Crippen LogP contribution in [0, 0.1) is 0 Å². The number of carbonyl (C=O) groups excluding carboxylic acids is 2. The van der Waals surface area contributed by atoms with E-state index in [0.717, 1.165) is 22.1 Å². The van der Waals surface area contributed by atoms with Gasteiger partial charge in [0.25, 0.3) is 5.91 Å². The van der Waals surface area contributed by atoms with Gasteiger partial charge in [-0.2, -0.15) is 13.2 Å². The number of hydrogen-bond acceptors (Lipinski definition) is 6. The molecule has 5 rings (SSSR count). The standard InChI is InChI=1S/C24H19F3N6O4/c1-12(2)16-8-14(3-4-17(16)37-18-5-6-29-21-20(18)30-22(35)31-21)33-19(34)11-32(23(33)36)15-7-13(9-28-10-15)24(25,26)27/h3-10,12H,11H2,1-2H3,(H2,29,30,31,35). The quantitative estimate of drug-likeness (QED) is 0.378. The lowest BCUT2D eigenvalue weighted by Gasteiger charge is -2.20. The number of ether oxygens (including phenoxy) is 1. The Morgan fingerprint density at radius 2 is 1.78 bits per heavy atom. The number of benzene rings is 1. The molecule has 3 amide bonds. The van der Waals surface area contributed by atoms with Crippen LogP contribution in [0.1, 0.15) is 30.9 Å². The van der Waals surface area contributed by atoms with Crippen LogP contribution in [-0.2, 0) is 11.0 Å². The first-order valence-corrected chi connectivity index (χ1v) is 11.1. The number of rotatable bonds is 5. The minimum atomic E-state index is -4.65. The summed E-state index contributed by atoms with van der Waals surface area (Å²) in [6.45, 7) is 3.34. The van der Waals surface area contributed by atoms with Crippen LogP contribution in [0.5, 0.6) is 11.5 Å². The molecule has 2 N–H and O–H groups in total. The second-order valence-corrected chi connectivity index (χ2v) is 8.62. The molecule has 0 atom stereocenters. The zero-order valence-electron chi connectivity index (χ0n) is 19.5. The molecule has 1 saturated heterocycles. The second-order valence-electron chi connectivity index (χ2n) is 8.62. The third-order valence-electron chi connectivity index (χ3n) is 5.80. The fourth-order valence-corrected chi connectivity index (χ4v) is 4.02. The van der Waals surface area contributed by atoms with Crippen molar-refractivity contribution in [1.29, 1.82) is 0 Å². The Bertz CT molecular complexity index is 1590. The lowest BCUT2D eigenvalue weighted by Crippen LogP contribution is -2.33. The zero-order valence-corrected chi connectivity index (χ0v) is 19.5. The van der Waals surface area contributed by atoms with Crippen molar-refractivity contribution in [2.45, 2.75) is 25.9 Å². The van der Waals surface area contributed by atoms with Crippen molar-refractivity contribution in [3.05, 3.63) is 70.5 Å². The molecule has 0 aliphatic carbocycles. The summed E-state index contributed by atoms with van der Waals surface area (Å²) in [7, 11) is 0. The maximum Gasteiger partial charge on any atom is 0.417 e. The van der Waals surface area contributed by atoms with Crippen molar-refractivity contribution < 1.29 is 27.5 Å². The molecule has 4 heterocycles. The summed E-state index contributed by atoms with van der Waals surface area (Å²) in [5.74, 6) is 0.0570. The predicted molar refractivity (Wildman–Crippen MR) is 127 cm³/mol. The maximum absolute atomic E-state index is 13.1. The van der Waals surface area contributed by atoms with Gasteiger partial charge in [0.05, 0.1) is 23.1 Å². The highest BCUT2D eigenvalue weighted by molar-refractivity contribution is 6.27. The van der Waals surface area contributed by atoms with Gasteiger partial charge in [-0.15, -0.1) is 0 Å². The summed E-state index contributed by atoms with van der Waals surface area (Å²) in [5.41, 5.74) is -0.0135. The number of H-pyrrole nitrogens is 2. The largest absolute Gasteiger partial charge is 0.455 e. The van der Waals surface area contributed by atoms with Crippen LogP contribution in [0.3, 0.4) is 0 Å². The van der Waals surface area contributed by atoms with E-state index in [2.05, 4.69) is 19.9 Å². The van der Waals surface area contributed by atoms with Gasteiger partial charge in [0, 0.05) is 18.5 Å². The summed E-state index contributed by atoms with van der Waals surface area (Å²) in [5, 5.41) is 0. The van der Waals surface area contributed by atoms with Crippen molar-refractivity contribution in [2.24, 2.45) is 0 Å². The van der Waals surface area contributed by atoms with Gasteiger partial charge in [0.15, 0.2) is 11.4 Å². The van der Waals surface area contributed by atoms with Gasteiger partial charge in [-0.1, -0.05) is 13.8 Å². The van der Waals surface area contributed by atoms with E-state index in [1.54, 1.807) is 18.2 Å². The Kier molecular flexibility index (Phi) is 5.69. The molecule has 0 spiro atoms. The molecule has 3 aromatic heterocycles. The van der Waals surface area contributed by atoms with Gasteiger partial charge in [-0.25, -0.2) is 19.5 Å². The number of halogens is 3. The van der Waals surface area contributed by atoms with E-state index in [0.29, 0.717) is 34.4 Å². The Balaban J connectivity index is 1.47. The molecule has 37 heavy (non-hydrogen) atoms. The van der Waals surface area contributed by atoms with E-state index in [4.69, 9.17) is 4.74 Å². The van der Waals surface area contributed by atoms with Crippen molar-refractivity contribution in [3.63, 3.8) is 0 Å². The van der Waals surface area contributed by atoms with E-state index in [-0.39, 0.29) is 17.3 Å². The van der Waals surface area contributed by atoms with E-state index >= 15 is 0 Å². The first-order chi connectivity index (χ1) is 17.5. The lowest BCUT2D eigenvalue weighted by molar-refractivity contribution is -0.137. The van der Waals surface area contributed by atoms with Crippen LogP contribution in [-0.4, -0.2) is 38.4 Å². The molecule has 190 valence electrons. The Morgan fingerprint density at radius 1 is 1.00 bits per heavy atom. The van der Waals surface area contributed by atoms with Crippen molar-refractivity contribution in [3.8, 4) is 11.5 Å². The van der Waals surface area contributed by atoms with Crippen LogP contribution in [0.15, 0.2) is 53.7 Å². The second kappa shape index (κ2) is 8.76. The molecule has 0 unspecified atom stereocenters. The molecule has 1 aromatic carbocycles. The number of pyridine rings is 2. The number of hydrogen-bond donors (Lipinski definition) is 2. The summed E-state index contributed by atoms with van der Waals surface area (Å²) < 4.78 is 45.4. The summed E-state index contributed by atoms with van der Waals surface area (Å²) >= 11 is 0. The number of nitrogens with zero attached hydrogens (tertiary/aromatic N) is 4. The molecular formula is C24H19F3N6O4. The monoisotopic (exact) mass is 512 g/mol. The van der Waals surface area contributed by atoms with Gasteiger partial charge in [0.1, 0.15) is 17.8 Å². The number of imidazole rings is 1. The fraction of sp³-hybridized carbons (Fsp3) is 0.208. The van der Waals surface area contributed by atoms with Crippen molar-refractivity contribution in [1.82, 2.24) is 19.9 Å². The zero-order chi connectivity index (χ0) is 26.5. The van der Waals surface area contributed by atoms with Gasteiger partial charge in [-0.3, -0.25) is 19.7 Å². The van der Waals surface area contributed by atoms with Crippen LogP contribution in [0.4, 0.5) is 29.3 Å². The smallest absolute Gasteiger partial charge is 0.417 e. The molecule has 1 aliphatic heterocycles. The minimum absolute atomic E-state index is 0.103. The normalized spacial score (nSPS) is 14.3. The average molecular weight is 512 g/mol. The van der Waals surface area contributed by atoms with Gasteiger partial charge in [-0.05, 0) is 35.7 Å². The number of fused-ring (bicyclic) bond motifs is 1. The first-order valence-electron chi connectivity index (χ1n) is 11.1. The number of aromatic amines is 2. The minimum Gasteiger partial charge on any atom is -0.455 e. The molecule has 13 heteroatoms. The Hall–Kier alpha value is -4.68. The third kappa shape index (κ3) is 4.39. The van der Waals surface area contributed by atoms with E-state index < -0.39 is 35.9 Å². The van der Waals surface area contributed by atoms with E-state index in [1.807, 2.05) is 13.8 Å². The highest BCUT2D eigenvalue weighted by Crippen LogP contribution is 2.37. The number of urea groups is 1. The number of imide groups is 1. The van der Waals surface area contributed by atoms with Gasteiger partial charge in [0.2, 0.25) is 0 Å². The maximum atomic E-state index is 13.1. The van der Waals surface area contributed by atoms with Crippen molar-refractivity contribution >= 4 is 34.5 Å². The third-order valence-corrected chi connectivity index (χ3v) is 5.80. The molecule has 0 bridgehead atoms. The molecule has 0 radical (unpaired) electrons. The van der Waals surface area contributed by atoms with Gasteiger partial charge < -0.3 is 9.72 Å². The predicted octanol–water partition coefficient (Wildman–Crippen LogP) is 4.55. The highest BCUT2D eigenvalue weighted by Gasteiger charge is 2.40. The molecule has 4 aromatic rings. The molecular weight excluding hydrogens is 493 g/mol. The first kappa shape index (κ1) is 24.0. The number of nitrogens with one attached hydrogen (secondary N) is 2. The average Bonchev–Trinajstić information content (AvgIpc) is 3.37. The van der Waals surface area contributed by atoms with Crippen LogP contribution in [0.2, 0.25) is 0 Å². The van der Waals surface area contributed by atoms with Gasteiger partial charge >= 0.3 is 17.9 Å². The number of alkyl halides is 3. The molecule has 1 fully saturated rings.